The highest BCUT2D eigenvalue weighted by atomic mass is 19.1. The summed E-state index contributed by atoms with van der Waals surface area (Å²) in [5, 5.41) is 2.82. The molecule has 0 radical (unpaired) electrons. The fraction of sp³-hybridized carbons (Fsp3) is 0.500. The Bertz CT molecular complexity index is 474. The Labute approximate surface area is 112 Å². The highest BCUT2D eigenvalue weighted by Crippen LogP contribution is 2.26. The monoisotopic (exact) mass is 265 g/mol. The molecule has 2 rings (SSSR count). The van der Waals surface area contributed by atoms with Gasteiger partial charge in [-0.05, 0) is 45.0 Å². The number of hydrogen-bond acceptors (Lipinski definition) is 3. The molecule has 0 aliphatic heterocycles. The van der Waals surface area contributed by atoms with Gasteiger partial charge in [-0.15, -0.1) is 0 Å². The van der Waals surface area contributed by atoms with Gasteiger partial charge in [0, 0.05) is 24.2 Å². The van der Waals surface area contributed by atoms with E-state index in [1.807, 2.05) is 0 Å². The molecule has 0 aromatic heterocycles. The number of nitrogens with one attached hydrogen (secondary N) is 1. The zero-order chi connectivity index (χ0) is 14.0. The Morgan fingerprint density at radius 2 is 2.26 bits per heavy atom. The first kappa shape index (κ1) is 13.8. The molecule has 0 spiro atoms. The van der Waals surface area contributed by atoms with E-state index >= 15 is 0 Å². The Kier molecular flexibility index (Phi) is 4.04. The van der Waals surface area contributed by atoms with Crippen molar-refractivity contribution in [2.45, 2.75) is 31.8 Å². The number of nitrogens with zero attached hydrogens (tertiary/aromatic N) is 1. The van der Waals surface area contributed by atoms with E-state index in [0.717, 1.165) is 0 Å². The van der Waals surface area contributed by atoms with Crippen LogP contribution in [-0.4, -0.2) is 36.5 Å². The molecule has 5 heteroatoms. The van der Waals surface area contributed by atoms with E-state index in [1.165, 1.54) is 31.0 Å². The van der Waals surface area contributed by atoms with Crippen molar-refractivity contribution in [2.24, 2.45) is 0 Å². The van der Waals surface area contributed by atoms with Crippen LogP contribution in [0.4, 0.5) is 10.1 Å². The summed E-state index contributed by atoms with van der Waals surface area (Å²) >= 11 is 0. The van der Waals surface area contributed by atoms with E-state index in [0.29, 0.717) is 18.2 Å². The van der Waals surface area contributed by atoms with E-state index in [4.69, 9.17) is 5.73 Å². The minimum atomic E-state index is -0.559. The molecule has 1 aliphatic carbocycles. The van der Waals surface area contributed by atoms with E-state index in [9.17, 15) is 9.18 Å². The Balaban J connectivity index is 1.88. The van der Waals surface area contributed by atoms with Gasteiger partial charge in [0.25, 0.3) is 5.91 Å². The SMILES string of the molecule is CC(CNC(=O)c1ccc(N)c(F)c1)N(C)C1CC1. The molecule has 1 atom stereocenters. The number of carbonyl (C=O) groups excluding carboxylic acids is 1. The lowest BCUT2D eigenvalue weighted by Gasteiger charge is -2.24. The maximum Gasteiger partial charge on any atom is 0.251 e. The van der Waals surface area contributed by atoms with Gasteiger partial charge >= 0.3 is 0 Å². The highest BCUT2D eigenvalue weighted by molar-refractivity contribution is 5.94. The van der Waals surface area contributed by atoms with Crippen LogP contribution in [0.15, 0.2) is 18.2 Å². The quantitative estimate of drug-likeness (QED) is 0.795. The minimum Gasteiger partial charge on any atom is -0.396 e. The van der Waals surface area contributed by atoms with Gasteiger partial charge in [-0.2, -0.15) is 0 Å². The van der Waals surface area contributed by atoms with Gasteiger partial charge in [0.15, 0.2) is 0 Å². The Morgan fingerprint density at radius 1 is 1.58 bits per heavy atom. The zero-order valence-electron chi connectivity index (χ0n) is 11.3. The first-order valence-corrected chi connectivity index (χ1v) is 6.54. The first-order valence-electron chi connectivity index (χ1n) is 6.54. The first-order chi connectivity index (χ1) is 8.99. The number of nitrogen functional groups attached to an aromatic ring is 1. The summed E-state index contributed by atoms with van der Waals surface area (Å²) in [6, 6.07) is 5.03. The van der Waals surface area contributed by atoms with Crippen molar-refractivity contribution in [1.82, 2.24) is 10.2 Å². The Hall–Kier alpha value is -1.62. The van der Waals surface area contributed by atoms with Gasteiger partial charge < -0.3 is 11.1 Å². The van der Waals surface area contributed by atoms with Gasteiger partial charge in [0.05, 0.1) is 5.69 Å². The van der Waals surface area contributed by atoms with Crippen LogP contribution in [0.2, 0.25) is 0 Å². The number of anilines is 1. The van der Waals surface area contributed by atoms with Crippen molar-refractivity contribution in [3.05, 3.63) is 29.6 Å². The summed E-state index contributed by atoms with van der Waals surface area (Å²) in [5.41, 5.74) is 5.73. The lowest BCUT2D eigenvalue weighted by molar-refractivity contribution is 0.0939. The predicted molar refractivity (Wildman–Crippen MR) is 73.4 cm³/mol. The smallest absolute Gasteiger partial charge is 0.251 e. The van der Waals surface area contributed by atoms with Gasteiger partial charge in [0.1, 0.15) is 5.82 Å². The molecule has 1 fully saturated rings. The molecule has 1 saturated carbocycles. The largest absolute Gasteiger partial charge is 0.396 e. The van der Waals surface area contributed by atoms with Crippen LogP contribution in [-0.2, 0) is 0 Å². The molecule has 0 heterocycles. The van der Waals surface area contributed by atoms with Gasteiger partial charge in [-0.25, -0.2) is 4.39 Å². The molecule has 0 saturated heterocycles. The minimum absolute atomic E-state index is 0.0541. The van der Waals surface area contributed by atoms with Crippen LogP contribution in [0, 0.1) is 5.82 Å². The van der Waals surface area contributed by atoms with E-state index in [1.54, 1.807) is 0 Å². The van der Waals surface area contributed by atoms with Crippen LogP contribution >= 0.6 is 0 Å². The molecule has 1 unspecified atom stereocenters. The Morgan fingerprint density at radius 3 is 2.84 bits per heavy atom. The topological polar surface area (TPSA) is 58.4 Å². The lowest BCUT2D eigenvalue weighted by Crippen LogP contribution is -2.41. The van der Waals surface area contributed by atoms with Crippen LogP contribution < -0.4 is 11.1 Å². The van der Waals surface area contributed by atoms with Crippen LogP contribution in [0.3, 0.4) is 0 Å². The summed E-state index contributed by atoms with van der Waals surface area (Å²) in [7, 11) is 2.07. The summed E-state index contributed by atoms with van der Waals surface area (Å²) < 4.78 is 13.3. The molecule has 0 bridgehead atoms. The van der Waals surface area contributed by atoms with Gasteiger partial charge in [0.2, 0.25) is 0 Å². The molecule has 1 aromatic rings. The molecule has 1 amide bonds. The number of rotatable bonds is 5. The third kappa shape index (κ3) is 3.44. The predicted octanol–water partition coefficient (Wildman–Crippen LogP) is 1.62. The van der Waals surface area contributed by atoms with Crippen molar-refractivity contribution in [2.75, 3.05) is 19.3 Å². The molecule has 104 valence electrons. The van der Waals surface area contributed by atoms with E-state index < -0.39 is 5.82 Å². The number of amides is 1. The summed E-state index contributed by atoms with van der Waals surface area (Å²) in [6.45, 7) is 2.62. The number of carbonyl (C=O) groups is 1. The summed E-state index contributed by atoms with van der Waals surface area (Å²) in [5.74, 6) is -0.828. The van der Waals surface area contributed by atoms with Crippen molar-refractivity contribution >= 4 is 11.6 Å². The number of benzene rings is 1. The third-order valence-electron chi connectivity index (χ3n) is 3.64. The average Bonchev–Trinajstić information content (AvgIpc) is 3.22. The number of nitrogens with two attached hydrogens (primary N) is 1. The number of hydrogen-bond donors (Lipinski definition) is 2. The second kappa shape index (κ2) is 5.57. The van der Waals surface area contributed by atoms with Crippen LogP contribution in [0.5, 0.6) is 0 Å². The summed E-state index contributed by atoms with van der Waals surface area (Å²) in [4.78, 5) is 14.2. The summed E-state index contributed by atoms with van der Waals surface area (Å²) in [6.07, 6.45) is 2.47. The molecule has 4 nitrogen and oxygen atoms in total. The van der Waals surface area contributed by atoms with Gasteiger partial charge in [-0.1, -0.05) is 0 Å². The second-order valence-electron chi connectivity index (χ2n) is 5.19. The molecule has 19 heavy (non-hydrogen) atoms. The van der Waals surface area contributed by atoms with E-state index in [-0.39, 0.29) is 17.6 Å². The number of halogens is 1. The normalized spacial score (nSPS) is 16.4. The maximum atomic E-state index is 13.3. The third-order valence-corrected chi connectivity index (χ3v) is 3.64. The van der Waals surface area contributed by atoms with Crippen molar-refractivity contribution in [3.8, 4) is 0 Å². The van der Waals surface area contributed by atoms with Crippen molar-refractivity contribution < 1.29 is 9.18 Å². The molecule has 1 aromatic carbocycles. The van der Waals surface area contributed by atoms with E-state index in [2.05, 4.69) is 24.2 Å². The maximum absolute atomic E-state index is 13.3. The standard InChI is InChI=1S/C14H20FN3O/c1-9(18(2)11-4-5-11)8-17-14(19)10-3-6-13(16)12(15)7-10/h3,6-7,9,11H,4-5,8,16H2,1-2H3,(H,17,19). The fourth-order valence-electron chi connectivity index (χ4n) is 2.00. The van der Waals surface area contributed by atoms with Gasteiger partial charge in [-0.3, -0.25) is 9.69 Å². The molecular weight excluding hydrogens is 245 g/mol. The average molecular weight is 265 g/mol. The molecule has 3 N–H and O–H groups in total. The molecule has 1 aliphatic rings. The molecular formula is C14H20FN3O. The van der Waals surface area contributed by atoms with Crippen molar-refractivity contribution in [1.29, 1.82) is 0 Å². The van der Waals surface area contributed by atoms with Crippen molar-refractivity contribution in [3.63, 3.8) is 0 Å². The zero-order valence-corrected chi connectivity index (χ0v) is 11.3. The number of likely N-dealkylation sites (N-methyl/N-ethyl adjacent to an activating group) is 1. The highest BCUT2D eigenvalue weighted by Gasteiger charge is 2.29. The second-order valence-corrected chi connectivity index (χ2v) is 5.19. The van der Waals surface area contributed by atoms with Crippen LogP contribution in [0.25, 0.3) is 0 Å². The van der Waals surface area contributed by atoms with Crippen LogP contribution in [0.1, 0.15) is 30.1 Å². The lowest BCUT2D eigenvalue weighted by atomic mass is 10.2. The fourth-order valence-corrected chi connectivity index (χ4v) is 2.00.